The zero-order valence-electron chi connectivity index (χ0n) is 11.8. The molecule has 7 nitrogen and oxygen atoms in total. The highest BCUT2D eigenvalue weighted by molar-refractivity contribution is 5.52. The lowest BCUT2D eigenvalue weighted by Crippen LogP contribution is -2.20. The molecule has 0 unspecified atom stereocenters. The van der Waals surface area contributed by atoms with Crippen LogP contribution in [0.2, 0.25) is 0 Å². The van der Waals surface area contributed by atoms with E-state index in [9.17, 15) is 0 Å². The predicted molar refractivity (Wildman–Crippen MR) is 76.4 cm³/mol. The van der Waals surface area contributed by atoms with E-state index in [2.05, 4.69) is 25.1 Å². The Morgan fingerprint density at radius 1 is 1.19 bits per heavy atom. The Labute approximate surface area is 121 Å². The first-order valence-corrected chi connectivity index (χ1v) is 6.45. The van der Waals surface area contributed by atoms with Crippen molar-refractivity contribution in [2.75, 3.05) is 11.9 Å². The van der Waals surface area contributed by atoms with Crippen LogP contribution in [-0.4, -0.2) is 32.2 Å². The Morgan fingerprint density at radius 3 is 2.81 bits per heavy atom. The fourth-order valence-corrected chi connectivity index (χ4v) is 1.87. The summed E-state index contributed by atoms with van der Waals surface area (Å²) in [6.45, 7) is 2.44. The van der Waals surface area contributed by atoms with Crippen LogP contribution in [0.15, 0.2) is 41.3 Å². The van der Waals surface area contributed by atoms with E-state index in [0.29, 0.717) is 23.9 Å². The average molecular weight is 282 g/mol. The van der Waals surface area contributed by atoms with Gasteiger partial charge in [0.15, 0.2) is 5.76 Å². The molecule has 0 aliphatic carbocycles. The molecular weight excluding hydrogens is 268 g/mol. The van der Waals surface area contributed by atoms with Crippen LogP contribution in [0, 0.1) is 6.92 Å². The molecule has 7 heteroatoms. The monoisotopic (exact) mass is 282 g/mol. The first-order valence-electron chi connectivity index (χ1n) is 6.45. The van der Waals surface area contributed by atoms with Gasteiger partial charge in [0, 0.05) is 19.4 Å². The summed E-state index contributed by atoms with van der Waals surface area (Å²) in [6.07, 6.45) is 6.59. The minimum atomic E-state index is 0.507. The average Bonchev–Trinajstić information content (AvgIpc) is 2.95. The molecule has 0 spiro atoms. The van der Waals surface area contributed by atoms with Gasteiger partial charge in [0.05, 0.1) is 24.6 Å². The maximum Gasteiger partial charge on any atom is 0.246 e. The largest absolute Gasteiger partial charge is 0.460 e. The molecule has 3 aromatic rings. The lowest BCUT2D eigenvalue weighted by atomic mass is 10.3. The van der Waals surface area contributed by atoms with Gasteiger partial charge in [-0.05, 0) is 19.1 Å². The molecule has 3 rings (SSSR count). The molecule has 0 saturated heterocycles. The Morgan fingerprint density at radius 2 is 2.10 bits per heavy atom. The number of rotatable bonds is 4. The molecule has 0 N–H and O–H groups in total. The molecule has 0 aliphatic heterocycles. The van der Waals surface area contributed by atoms with Crippen LogP contribution < -0.4 is 4.90 Å². The van der Waals surface area contributed by atoms with Gasteiger partial charge in [-0.25, -0.2) is 4.98 Å². The molecule has 0 radical (unpaired) electrons. The van der Waals surface area contributed by atoms with Crippen LogP contribution in [0.25, 0.3) is 11.5 Å². The van der Waals surface area contributed by atoms with E-state index >= 15 is 0 Å². The molecule has 0 fully saturated rings. The van der Waals surface area contributed by atoms with Crippen LogP contribution >= 0.6 is 0 Å². The van der Waals surface area contributed by atoms with E-state index in [1.165, 1.54) is 0 Å². The summed E-state index contributed by atoms with van der Waals surface area (Å²) in [5.74, 6) is 2.02. The van der Waals surface area contributed by atoms with Crippen molar-refractivity contribution >= 4 is 5.95 Å². The quantitative estimate of drug-likeness (QED) is 0.722. The number of hydrogen-bond donors (Lipinski definition) is 0. The smallest absolute Gasteiger partial charge is 0.246 e. The Balaban J connectivity index is 1.82. The van der Waals surface area contributed by atoms with Gasteiger partial charge in [0.2, 0.25) is 5.95 Å². The van der Waals surface area contributed by atoms with Crippen molar-refractivity contribution < 1.29 is 4.42 Å². The van der Waals surface area contributed by atoms with Crippen LogP contribution in [0.3, 0.4) is 0 Å². The summed E-state index contributed by atoms with van der Waals surface area (Å²) in [6, 6.07) is 3.76. The first kappa shape index (κ1) is 13.2. The summed E-state index contributed by atoms with van der Waals surface area (Å²) in [5, 5.41) is 8.03. The van der Waals surface area contributed by atoms with Gasteiger partial charge >= 0.3 is 0 Å². The second-order valence-electron chi connectivity index (χ2n) is 4.60. The summed E-state index contributed by atoms with van der Waals surface area (Å²) in [5.41, 5.74) is 1.49. The third-order valence-electron chi connectivity index (χ3n) is 2.90. The highest BCUT2D eigenvalue weighted by atomic mass is 16.3. The third kappa shape index (κ3) is 3.02. The van der Waals surface area contributed by atoms with Gasteiger partial charge in [-0.1, -0.05) is 0 Å². The van der Waals surface area contributed by atoms with Crippen molar-refractivity contribution in [1.29, 1.82) is 0 Å². The number of hydrogen-bond acceptors (Lipinski definition) is 7. The van der Waals surface area contributed by atoms with Gasteiger partial charge in [0.25, 0.3) is 0 Å². The van der Waals surface area contributed by atoms with E-state index < -0.39 is 0 Å². The van der Waals surface area contributed by atoms with Crippen LogP contribution in [0.4, 0.5) is 5.95 Å². The van der Waals surface area contributed by atoms with Crippen molar-refractivity contribution in [3.8, 4) is 11.5 Å². The molecule has 0 bridgehead atoms. The Kier molecular flexibility index (Phi) is 3.55. The minimum Gasteiger partial charge on any atom is -0.460 e. The third-order valence-corrected chi connectivity index (χ3v) is 2.90. The van der Waals surface area contributed by atoms with E-state index in [-0.39, 0.29) is 0 Å². The number of anilines is 1. The molecule has 0 aromatic carbocycles. The number of aryl methyl sites for hydroxylation is 1. The molecule has 3 heterocycles. The summed E-state index contributed by atoms with van der Waals surface area (Å²) >= 11 is 0. The van der Waals surface area contributed by atoms with E-state index in [4.69, 9.17) is 4.42 Å². The number of aromatic nitrogens is 5. The van der Waals surface area contributed by atoms with E-state index in [0.717, 1.165) is 11.5 Å². The number of nitrogens with zero attached hydrogens (tertiary/aromatic N) is 6. The van der Waals surface area contributed by atoms with Crippen molar-refractivity contribution in [3.63, 3.8) is 0 Å². The lowest BCUT2D eigenvalue weighted by molar-refractivity contribution is 0.545. The first-order chi connectivity index (χ1) is 10.2. The zero-order chi connectivity index (χ0) is 14.7. The van der Waals surface area contributed by atoms with Gasteiger partial charge in [-0.2, -0.15) is 5.10 Å². The molecule has 3 aromatic heterocycles. The summed E-state index contributed by atoms with van der Waals surface area (Å²) in [7, 11) is 1.88. The van der Waals surface area contributed by atoms with Gasteiger partial charge in [0.1, 0.15) is 11.5 Å². The fourth-order valence-electron chi connectivity index (χ4n) is 1.87. The van der Waals surface area contributed by atoms with Gasteiger partial charge in [-0.15, -0.1) is 5.10 Å². The molecule has 0 saturated carbocycles. The second kappa shape index (κ2) is 5.66. The van der Waals surface area contributed by atoms with Crippen molar-refractivity contribution in [2.24, 2.45) is 0 Å². The summed E-state index contributed by atoms with van der Waals surface area (Å²) < 4.78 is 5.55. The second-order valence-corrected chi connectivity index (χ2v) is 4.60. The van der Waals surface area contributed by atoms with Crippen molar-refractivity contribution in [2.45, 2.75) is 13.5 Å². The topological polar surface area (TPSA) is 80.8 Å². The van der Waals surface area contributed by atoms with Crippen molar-refractivity contribution in [3.05, 3.63) is 48.4 Å². The van der Waals surface area contributed by atoms with E-state index in [1.807, 2.05) is 31.0 Å². The molecule has 21 heavy (non-hydrogen) atoms. The van der Waals surface area contributed by atoms with Crippen LogP contribution in [-0.2, 0) is 6.54 Å². The maximum absolute atomic E-state index is 5.55. The molecule has 0 amide bonds. The standard InChI is InChI=1S/C14H14N6O/c1-10-3-4-13(21-10)12-8-17-19-14(18-12)20(2)9-11-7-15-5-6-16-11/h3-8H,9H2,1-2H3. The lowest BCUT2D eigenvalue weighted by Gasteiger charge is -2.15. The fraction of sp³-hybridized carbons (Fsp3) is 0.214. The molecule has 0 aliphatic rings. The predicted octanol–water partition coefficient (Wildman–Crippen LogP) is 1.87. The van der Waals surface area contributed by atoms with Crippen molar-refractivity contribution in [1.82, 2.24) is 25.1 Å². The maximum atomic E-state index is 5.55. The number of furan rings is 1. The highest BCUT2D eigenvalue weighted by Gasteiger charge is 2.11. The van der Waals surface area contributed by atoms with Crippen LogP contribution in [0.1, 0.15) is 11.5 Å². The van der Waals surface area contributed by atoms with Gasteiger partial charge in [-0.3, -0.25) is 9.97 Å². The highest BCUT2D eigenvalue weighted by Crippen LogP contribution is 2.20. The Hall–Kier alpha value is -2.83. The molecule has 106 valence electrons. The molecule has 0 atom stereocenters. The minimum absolute atomic E-state index is 0.507. The molecular formula is C14H14N6O. The van der Waals surface area contributed by atoms with Crippen LogP contribution in [0.5, 0.6) is 0 Å². The van der Waals surface area contributed by atoms with E-state index in [1.54, 1.807) is 24.8 Å². The SMILES string of the molecule is Cc1ccc(-c2cnnc(N(C)Cc3cnccn3)n2)o1. The zero-order valence-corrected chi connectivity index (χ0v) is 11.8. The summed E-state index contributed by atoms with van der Waals surface area (Å²) in [4.78, 5) is 14.6. The van der Waals surface area contributed by atoms with Gasteiger partial charge < -0.3 is 9.32 Å². The Bertz CT molecular complexity index is 727. The normalized spacial score (nSPS) is 10.6.